The molecule has 1 aromatic heterocycles. The number of amides is 1. The molecule has 0 aliphatic carbocycles. The molecule has 1 heterocycles. The van der Waals surface area contributed by atoms with Crippen LogP contribution in [0.4, 0.5) is 5.69 Å². The summed E-state index contributed by atoms with van der Waals surface area (Å²) in [5.41, 5.74) is 1.48. The maximum atomic E-state index is 12.1. The van der Waals surface area contributed by atoms with E-state index in [1.54, 1.807) is 18.2 Å². The van der Waals surface area contributed by atoms with Gasteiger partial charge in [-0.15, -0.1) is 11.3 Å². The molecular formula is C13H12Cl2N2OS2. The maximum absolute atomic E-state index is 12.1. The molecule has 0 saturated heterocycles. The second-order valence-electron chi connectivity index (χ2n) is 4.13. The van der Waals surface area contributed by atoms with Crippen molar-refractivity contribution >= 4 is 57.9 Å². The van der Waals surface area contributed by atoms with E-state index in [9.17, 15) is 4.79 Å². The number of aryl methyl sites for hydroxylation is 1. The number of hydrogen-bond acceptors (Lipinski definition) is 4. The molecule has 1 amide bonds. The van der Waals surface area contributed by atoms with E-state index in [1.165, 1.54) is 23.1 Å². The predicted octanol–water partition coefficient (Wildman–Crippen LogP) is 4.88. The highest BCUT2D eigenvalue weighted by molar-refractivity contribution is 8.02. The lowest BCUT2D eigenvalue weighted by Crippen LogP contribution is -2.22. The van der Waals surface area contributed by atoms with Crippen LogP contribution in [0.15, 0.2) is 27.9 Å². The van der Waals surface area contributed by atoms with Crippen LogP contribution in [-0.2, 0) is 4.79 Å². The van der Waals surface area contributed by atoms with E-state index in [-0.39, 0.29) is 11.2 Å². The minimum absolute atomic E-state index is 0.132. The van der Waals surface area contributed by atoms with E-state index in [2.05, 4.69) is 10.3 Å². The van der Waals surface area contributed by atoms with Gasteiger partial charge >= 0.3 is 0 Å². The Morgan fingerprint density at radius 3 is 2.85 bits per heavy atom. The van der Waals surface area contributed by atoms with Crippen LogP contribution in [0.25, 0.3) is 0 Å². The summed E-state index contributed by atoms with van der Waals surface area (Å²) in [5, 5.41) is 5.46. The van der Waals surface area contributed by atoms with Gasteiger partial charge < -0.3 is 5.32 Å². The van der Waals surface area contributed by atoms with Gasteiger partial charge in [0.15, 0.2) is 4.34 Å². The number of halogens is 2. The molecular weight excluding hydrogens is 335 g/mol. The van der Waals surface area contributed by atoms with E-state index in [0.717, 1.165) is 10.0 Å². The molecule has 0 saturated carbocycles. The zero-order valence-corrected chi connectivity index (χ0v) is 14.0. The SMILES string of the molecule is Cc1csc(S[C@@H](C)C(=O)Nc2cc(Cl)ccc2Cl)n1. The van der Waals surface area contributed by atoms with Gasteiger partial charge in [0.1, 0.15) is 0 Å². The van der Waals surface area contributed by atoms with Crippen molar-refractivity contribution < 1.29 is 4.79 Å². The van der Waals surface area contributed by atoms with Gasteiger partial charge in [0.2, 0.25) is 5.91 Å². The first-order valence-corrected chi connectivity index (χ1v) is 8.32. The first kappa shape index (κ1) is 15.6. The van der Waals surface area contributed by atoms with Gasteiger partial charge in [-0.1, -0.05) is 35.0 Å². The Bertz CT molecular complexity index is 631. The molecule has 0 unspecified atom stereocenters. The third kappa shape index (κ3) is 4.12. The number of benzene rings is 1. The van der Waals surface area contributed by atoms with E-state index in [0.29, 0.717) is 15.7 Å². The number of carbonyl (C=O) groups excluding carboxylic acids is 1. The summed E-state index contributed by atoms with van der Waals surface area (Å²) in [6, 6.07) is 4.96. The van der Waals surface area contributed by atoms with E-state index in [1.807, 2.05) is 19.2 Å². The molecule has 20 heavy (non-hydrogen) atoms. The van der Waals surface area contributed by atoms with Gasteiger partial charge in [-0.25, -0.2) is 4.98 Å². The second-order valence-corrected chi connectivity index (χ2v) is 7.42. The number of thiazole rings is 1. The predicted molar refractivity (Wildman–Crippen MR) is 87.3 cm³/mol. The largest absolute Gasteiger partial charge is 0.324 e. The Balaban J connectivity index is 2.02. The number of anilines is 1. The first-order valence-electron chi connectivity index (χ1n) is 5.80. The van der Waals surface area contributed by atoms with Crippen molar-refractivity contribution in [3.63, 3.8) is 0 Å². The molecule has 0 radical (unpaired) electrons. The summed E-state index contributed by atoms with van der Waals surface area (Å²) in [5.74, 6) is -0.132. The van der Waals surface area contributed by atoms with Crippen LogP contribution < -0.4 is 5.32 Å². The Labute approximate surface area is 135 Å². The third-order valence-electron chi connectivity index (χ3n) is 2.43. The normalized spacial score (nSPS) is 12.2. The van der Waals surface area contributed by atoms with Crippen LogP contribution in [-0.4, -0.2) is 16.1 Å². The average Bonchev–Trinajstić information content (AvgIpc) is 2.79. The van der Waals surface area contributed by atoms with Crippen LogP contribution >= 0.6 is 46.3 Å². The van der Waals surface area contributed by atoms with Crippen LogP contribution in [0.1, 0.15) is 12.6 Å². The van der Waals surface area contributed by atoms with Crippen molar-refractivity contribution in [2.45, 2.75) is 23.4 Å². The van der Waals surface area contributed by atoms with E-state index in [4.69, 9.17) is 23.2 Å². The molecule has 2 aromatic rings. The lowest BCUT2D eigenvalue weighted by atomic mass is 10.3. The number of nitrogens with zero attached hydrogens (tertiary/aromatic N) is 1. The smallest absolute Gasteiger partial charge is 0.237 e. The molecule has 1 atom stereocenters. The fourth-order valence-corrected chi connectivity index (χ4v) is 3.74. The topological polar surface area (TPSA) is 42.0 Å². The van der Waals surface area contributed by atoms with E-state index < -0.39 is 0 Å². The Kier molecular flexibility index (Phi) is 5.32. The number of rotatable bonds is 4. The standard InChI is InChI=1S/C13H12Cl2N2OS2/c1-7-6-19-13(16-7)20-8(2)12(18)17-11-5-9(14)3-4-10(11)15/h3-6,8H,1-2H3,(H,17,18)/t8-/m0/s1. The van der Waals surface area contributed by atoms with Crippen molar-refractivity contribution in [2.24, 2.45) is 0 Å². The Morgan fingerprint density at radius 2 is 2.20 bits per heavy atom. The lowest BCUT2D eigenvalue weighted by molar-refractivity contribution is -0.115. The molecule has 1 N–H and O–H groups in total. The van der Waals surface area contributed by atoms with Gasteiger partial charge in [0.25, 0.3) is 0 Å². The molecule has 3 nitrogen and oxygen atoms in total. The molecule has 1 aromatic carbocycles. The maximum Gasteiger partial charge on any atom is 0.237 e. The monoisotopic (exact) mass is 346 g/mol. The second kappa shape index (κ2) is 6.80. The van der Waals surface area contributed by atoms with Crippen LogP contribution in [0.3, 0.4) is 0 Å². The molecule has 2 rings (SSSR count). The minimum Gasteiger partial charge on any atom is -0.324 e. The zero-order chi connectivity index (χ0) is 14.7. The van der Waals surface area contributed by atoms with Crippen LogP contribution in [0.2, 0.25) is 10.0 Å². The number of carbonyl (C=O) groups is 1. The number of aromatic nitrogens is 1. The van der Waals surface area contributed by atoms with Crippen molar-refractivity contribution in [1.82, 2.24) is 4.98 Å². The molecule has 0 aliphatic heterocycles. The summed E-state index contributed by atoms with van der Waals surface area (Å²) >= 11 is 14.9. The van der Waals surface area contributed by atoms with Gasteiger partial charge in [0.05, 0.1) is 16.0 Å². The fourth-order valence-electron chi connectivity index (χ4n) is 1.42. The Hall–Kier alpha value is -0.750. The molecule has 0 spiro atoms. The molecule has 106 valence electrons. The Morgan fingerprint density at radius 1 is 1.45 bits per heavy atom. The first-order chi connectivity index (χ1) is 9.45. The highest BCUT2D eigenvalue weighted by atomic mass is 35.5. The van der Waals surface area contributed by atoms with E-state index >= 15 is 0 Å². The quantitative estimate of drug-likeness (QED) is 0.802. The van der Waals surface area contributed by atoms with Gasteiger partial charge in [0, 0.05) is 16.1 Å². The summed E-state index contributed by atoms with van der Waals surface area (Å²) in [7, 11) is 0. The average molecular weight is 347 g/mol. The van der Waals surface area contributed by atoms with Crippen molar-refractivity contribution in [3.8, 4) is 0 Å². The molecule has 7 heteroatoms. The minimum atomic E-state index is -0.268. The van der Waals surface area contributed by atoms with Gasteiger partial charge in [-0.2, -0.15) is 0 Å². The van der Waals surface area contributed by atoms with Gasteiger partial charge in [-0.3, -0.25) is 4.79 Å². The molecule has 0 aliphatic rings. The lowest BCUT2D eigenvalue weighted by Gasteiger charge is -2.11. The summed E-state index contributed by atoms with van der Waals surface area (Å²) < 4.78 is 0.877. The number of nitrogens with one attached hydrogen (secondary N) is 1. The zero-order valence-electron chi connectivity index (χ0n) is 10.8. The highest BCUT2D eigenvalue weighted by Gasteiger charge is 2.17. The number of thioether (sulfide) groups is 1. The summed E-state index contributed by atoms with van der Waals surface area (Å²) in [6.07, 6.45) is 0. The van der Waals surface area contributed by atoms with Crippen LogP contribution in [0.5, 0.6) is 0 Å². The van der Waals surface area contributed by atoms with Crippen molar-refractivity contribution in [2.75, 3.05) is 5.32 Å². The van der Waals surface area contributed by atoms with Crippen molar-refractivity contribution in [3.05, 3.63) is 39.3 Å². The van der Waals surface area contributed by atoms with Gasteiger partial charge in [-0.05, 0) is 32.0 Å². The fraction of sp³-hybridized carbons (Fsp3) is 0.231. The number of hydrogen-bond donors (Lipinski definition) is 1. The summed E-state index contributed by atoms with van der Waals surface area (Å²) in [6.45, 7) is 3.76. The highest BCUT2D eigenvalue weighted by Crippen LogP contribution is 2.29. The van der Waals surface area contributed by atoms with Crippen molar-refractivity contribution in [1.29, 1.82) is 0 Å². The third-order valence-corrected chi connectivity index (χ3v) is 5.19. The molecule has 0 bridgehead atoms. The van der Waals surface area contributed by atoms with Crippen LogP contribution in [0, 0.1) is 6.92 Å². The summed E-state index contributed by atoms with van der Waals surface area (Å²) in [4.78, 5) is 16.5. The molecule has 0 fully saturated rings.